The second-order valence-electron chi connectivity index (χ2n) is 10.2. The van der Waals surface area contributed by atoms with E-state index in [1.165, 1.54) is 19.4 Å². The van der Waals surface area contributed by atoms with Crippen molar-refractivity contribution in [2.45, 2.75) is 59.5 Å². The zero-order chi connectivity index (χ0) is 31.5. The summed E-state index contributed by atoms with van der Waals surface area (Å²) in [6.45, 7) is 11.8. The van der Waals surface area contributed by atoms with E-state index < -0.39 is 29.7 Å². The summed E-state index contributed by atoms with van der Waals surface area (Å²) in [5.74, 6) is -0.687. The summed E-state index contributed by atoms with van der Waals surface area (Å²) in [5, 5.41) is 5.71. The molecule has 3 aromatic rings. The molecule has 10 nitrogen and oxygen atoms in total. The number of carbonyl (C=O) groups is 3. The van der Waals surface area contributed by atoms with Crippen LogP contribution in [0.3, 0.4) is 0 Å². The quantitative estimate of drug-likeness (QED) is 0.254. The second-order valence-corrected chi connectivity index (χ2v) is 10.2. The zero-order valence-corrected chi connectivity index (χ0v) is 25.8. The van der Waals surface area contributed by atoms with Gasteiger partial charge in [-0.05, 0) is 63.1 Å². The highest BCUT2D eigenvalue weighted by atomic mass is 16.6. The van der Waals surface area contributed by atoms with Crippen molar-refractivity contribution in [3.05, 3.63) is 77.6 Å². The Morgan fingerprint density at radius 2 is 1.33 bits per heavy atom. The fourth-order valence-corrected chi connectivity index (χ4v) is 4.48. The molecule has 3 rings (SSSR count). The molecular formula is C33H41N3O7. The summed E-state index contributed by atoms with van der Waals surface area (Å²) in [5.41, 5.74) is 1.80. The molecule has 2 atom stereocenters. The Labute approximate surface area is 253 Å². The molecule has 2 N–H and O–H groups in total. The summed E-state index contributed by atoms with van der Waals surface area (Å²) in [6, 6.07) is 15.7. The van der Waals surface area contributed by atoms with Gasteiger partial charge < -0.3 is 29.6 Å². The molecule has 10 heteroatoms. The highest BCUT2D eigenvalue weighted by Crippen LogP contribution is 2.32. The number of hydrogen-bond acceptors (Lipinski definition) is 8. The maximum Gasteiger partial charge on any atom is 0.313 e. The Hall–Kier alpha value is -4.60. The summed E-state index contributed by atoms with van der Waals surface area (Å²) < 4.78 is 21.9. The van der Waals surface area contributed by atoms with Gasteiger partial charge in [0.25, 0.3) is 5.91 Å². The minimum Gasteiger partial charge on any atom is -0.494 e. The largest absolute Gasteiger partial charge is 0.494 e. The van der Waals surface area contributed by atoms with Crippen LogP contribution in [0.15, 0.2) is 60.8 Å². The minimum absolute atomic E-state index is 0.103. The van der Waals surface area contributed by atoms with Crippen molar-refractivity contribution in [1.29, 1.82) is 0 Å². The number of nitrogens with one attached hydrogen (secondary N) is 2. The lowest BCUT2D eigenvalue weighted by atomic mass is 9.85. The number of nitrogens with zero attached hydrogens (tertiary/aromatic N) is 1. The second kappa shape index (κ2) is 15.6. The molecule has 230 valence electrons. The van der Waals surface area contributed by atoms with Crippen LogP contribution in [0.4, 0.5) is 0 Å². The van der Waals surface area contributed by atoms with Crippen molar-refractivity contribution < 1.29 is 33.3 Å². The van der Waals surface area contributed by atoms with Crippen molar-refractivity contribution in [2.24, 2.45) is 5.92 Å². The van der Waals surface area contributed by atoms with Gasteiger partial charge in [0.05, 0.1) is 26.2 Å². The molecule has 0 bridgehead atoms. The van der Waals surface area contributed by atoms with E-state index in [1.807, 2.05) is 69.3 Å². The smallest absolute Gasteiger partial charge is 0.313 e. The Morgan fingerprint density at radius 3 is 1.79 bits per heavy atom. The molecule has 0 radical (unpaired) electrons. The van der Waals surface area contributed by atoms with Crippen LogP contribution in [0.25, 0.3) is 0 Å². The van der Waals surface area contributed by atoms with E-state index >= 15 is 0 Å². The van der Waals surface area contributed by atoms with Crippen LogP contribution in [-0.4, -0.2) is 55.2 Å². The predicted molar refractivity (Wildman–Crippen MR) is 163 cm³/mol. The van der Waals surface area contributed by atoms with E-state index in [4.69, 9.17) is 18.9 Å². The first-order valence-electron chi connectivity index (χ1n) is 14.4. The number of rotatable bonds is 14. The summed E-state index contributed by atoms with van der Waals surface area (Å²) >= 11 is 0. The van der Waals surface area contributed by atoms with Gasteiger partial charge in [0.1, 0.15) is 17.5 Å². The van der Waals surface area contributed by atoms with E-state index in [-0.39, 0.29) is 29.2 Å². The molecule has 0 fully saturated rings. The number of aromatic nitrogens is 1. The highest BCUT2D eigenvalue weighted by Gasteiger charge is 2.28. The van der Waals surface area contributed by atoms with Crippen LogP contribution in [-0.2, 0) is 9.59 Å². The third kappa shape index (κ3) is 8.70. The summed E-state index contributed by atoms with van der Waals surface area (Å²) in [4.78, 5) is 42.9. The van der Waals surface area contributed by atoms with Crippen molar-refractivity contribution in [3.8, 4) is 23.0 Å². The number of benzene rings is 2. The number of pyridine rings is 1. The first-order valence-corrected chi connectivity index (χ1v) is 14.4. The van der Waals surface area contributed by atoms with Gasteiger partial charge in [-0.1, -0.05) is 38.1 Å². The van der Waals surface area contributed by atoms with Gasteiger partial charge in [0.15, 0.2) is 11.4 Å². The maximum absolute atomic E-state index is 13.3. The standard InChI is InChI=1S/C33H41N3O7/c1-8-41-25-14-10-23(11-15-25)28(24-12-16-26(17-13-24)42-9-2)21(5)35-31(37)22(6)36-32(38)29-30(43-33(39)20(3)4)27(40-7)18-19-34-29/h10-22,28H,8-9H2,1-7H3,(H,35,37)(H,36,38)/t21-,22-/m0/s1. The number of hydrogen-bond donors (Lipinski definition) is 2. The lowest BCUT2D eigenvalue weighted by Gasteiger charge is -2.28. The van der Waals surface area contributed by atoms with E-state index in [9.17, 15) is 14.4 Å². The van der Waals surface area contributed by atoms with Gasteiger partial charge >= 0.3 is 5.97 Å². The van der Waals surface area contributed by atoms with E-state index in [0.717, 1.165) is 22.6 Å². The number of amides is 2. The topological polar surface area (TPSA) is 125 Å². The maximum atomic E-state index is 13.3. The van der Waals surface area contributed by atoms with Crippen molar-refractivity contribution in [3.63, 3.8) is 0 Å². The van der Waals surface area contributed by atoms with Gasteiger partial charge in [-0.15, -0.1) is 0 Å². The van der Waals surface area contributed by atoms with Crippen LogP contribution in [0.2, 0.25) is 0 Å². The number of esters is 1. The SMILES string of the molecule is CCOc1ccc(C(c2ccc(OCC)cc2)[C@H](C)NC(=O)[C@H](C)NC(=O)c2nccc(OC)c2OC(=O)C(C)C)cc1. The first-order chi connectivity index (χ1) is 20.6. The van der Waals surface area contributed by atoms with Crippen LogP contribution in [0.1, 0.15) is 69.1 Å². The molecule has 0 aliphatic carbocycles. The van der Waals surface area contributed by atoms with Gasteiger partial charge in [-0.25, -0.2) is 4.98 Å². The highest BCUT2D eigenvalue weighted by molar-refractivity contribution is 5.99. The molecule has 2 aromatic carbocycles. The normalized spacial score (nSPS) is 12.3. The van der Waals surface area contributed by atoms with Crippen LogP contribution < -0.4 is 29.6 Å². The lowest BCUT2D eigenvalue weighted by molar-refractivity contribution is -0.137. The van der Waals surface area contributed by atoms with Crippen molar-refractivity contribution in [1.82, 2.24) is 15.6 Å². The Kier molecular flexibility index (Phi) is 11.9. The molecule has 0 spiro atoms. The van der Waals surface area contributed by atoms with Gasteiger partial charge in [-0.2, -0.15) is 0 Å². The molecule has 43 heavy (non-hydrogen) atoms. The third-order valence-electron chi connectivity index (χ3n) is 6.69. The van der Waals surface area contributed by atoms with Gasteiger partial charge in [0.2, 0.25) is 11.7 Å². The molecule has 1 heterocycles. The molecule has 0 aliphatic heterocycles. The molecule has 1 aromatic heterocycles. The molecule has 0 aliphatic rings. The Morgan fingerprint density at radius 1 is 0.791 bits per heavy atom. The average Bonchev–Trinajstić information content (AvgIpc) is 2.99. The van der Waals surface area contributed by atoms with Crippen LogP contribution in [0, 0.1) is 5.92 Å². The van der Waals surface area contributed by atoms with Crippen molar-refractivity contribution >= 4 is 17.8 Å². The van der Waals surface area contributed by atoms with E-state index in [0.29, 0.717) is 13.2 Å². The van der Waals surface area contributed by atoms with Crippen molar-refractivity contribution in [2.75, 3.05) is 20.3 Å². The molecular weight excluding hydrogens is 550 g/mol. The fourth-order valence-electron chi connectivity index (χ4n) is 4.48. The average molecular weight is 592 g/mol. The monoisotopic (exact) mass is 591 g/mol. The third-order valence-corrected chi connectivity index (χ3v) is 6.69. The van der Waals surface area contributed by atoms with E-state index in [2.05, 4.69) is 15.6 Å². The van der Waals surface area contributed by atoms with Crippen LogP contribution >= 0.6 is 0 Å². The van der Waals surface area contributed by atoms with Gasteiger partial charge in [-0.3, -0.25) is 14.4 Å². The Bertz CT molecular complexity index is 1320. The fraction of sp³-hybridized carbons (Fsp3) is 0.394. The van der Waals surface area contributed by atoms with Gasteiger partial charge in [0, 0.05) is 24.2 Å². The minimum atomic E-state index is -0.932. The number of ether oxygens (including phenoxy) is 4. The number of carbonyl (C=O) groups excluding carboxylic acids is 3. The zero-order valence-electron chi connectivity index (χ0n) is 25.8. The number of methoxy groups -OCH3 is 1. The molecule has 0 saturated carbocycles. The Balaban J connectivity index is 1.81. The lowest BCUT2D eigenvalue weighted by Crippen LogP contribution is -2.49. The summed E-state index contributed by atoms with van der Waals surface area (Å²) in [7, 11) is 1.40. The summed E-state index contributed by atoms with van der Waals surface area (Å²) in [6.07, 6.45) is 1.37. The van der Waals surface area contributed by atoms with Crippen LogP contribution in [0.5, 0.6) is 23.0 Å². The van der Waals surface area contributed by atoms with E-state index in [1.54, 1.807) is 20.8 Å². The first kappa shape index (κ1) is 32.9. The molecule has 0 unspecified atom stereocenters. The predicted octanol–water partition coefficient (Wildman–Crippen LogP) is 4.90. The molecule has 2 amide bonds. The molecule has 0 saturated heterocycles.